The Bertz CT molecular complexity index is 818. The van der Waals surface area contributed by atoms with Gasteiger partial charge in [0.15, 0.2) is 0 Å². The number of halogens is 2. The van der Waals surface area contributed by atoms with Gasteiger partial charge in [-0.1, -0.05) is 36.4 Å². The minimum absolute atomic E-state index is 0.0149. The second-order valence-corrected chi connectivity index (χ2v) is 7.32. The fourth-order valence-corrected chi connectivity index (χ4v) is 3.70. The maximum absolute atomic E-state index is 12.2. The van der Waals surface area contributed by atoms with E-state index in [1.54, 1.807) is 6.07 Å². The molecule has 0 spiro atoms. The van der Waals surface area contributed by atoms with E-state index in [1.807, 2.05) is 18.2 Å². The molecule has 1 fully saturated rings. The van der Waals surface area contributed by atoms with Gasteiger partial charge in [-0.3, -0.25) is 4.79 Å². The minimum Gasteiger partial charge on any atom is -0.469 e. The van der Waals surface area contributed by atoms with Crippen LogP contribution in [0.25, 0.3) is 0 Å². The van der Waals surface area contributed by atoms with Crippen molar-refractivity contribution in [1.29, 1.82) is 0 Å². The summed E-state index contributed by atoms with van der Waals surface area (Å²) in [7, 11) is 1.38. The molecule has 0 aromatic heterocycles. The van der Waals surface area contributed by atoms with Crippen LogP contribution in [0.1, 0.15) is 54.1 Å². The average molecular weight is 406 g/mol. The van der Waals surface area contributed by atoms with E-state index in [0.717, 1.165) is 18.4 Å². The van der Waals surface area contributed by atoms with Gasteiger partial charge in [-0.2, -0.15) is 8.78 Å². The number of alkyl halides is 2. The number of esters is 1. The summed E-state index contributed by atoms with van der Waals surface area (Å²) < 4.78 is 33.5. The molecular formula is C22H24F2O5. The lowest BCUT2D eigenvalue weighted by Crippen LogP contribution is -2.25. The van der Waals surface area contributed by atoms with Crippen molar-refractivity contribution in [3.05, 3.63) is 65.2 Å². The zero-order valence-electron chi connectivity index (χ0n) is 16.0. The van der Waals surface area contributed by atoms with Crippen molar-refractivity contribution in [3.8, 4) is 5.75 Å². The number of aliphatic hydroxyl groups is 2. The number of hydrogen-bond donors (Lipinski definition) is 2. The van der Waals surface area contributed by atoms with E-state index in [-0.39, 0.29) is 11.7 Å². The van der Waals surface area contributed by atoms with E-state index in [9.17, 15) is 23.8 Å². The fraction of sp³-hybridized carbons (Fsp3) is 0.409. The van der Waals surface area contributed by atoms with Gasteiger partial charge in [0.25, 0.3) is 0 Å². The third-order valence-electron chi connectivity index (χ3n) is 5.39. The molecule has 3 rings (SSSR count). The van der Waals surface area contributed by atoms with Gasteiger partial charge in [0, 0.05) is 6.42 Å². The number of benzene rings is 2. The third kappa shape index (κ3) is 5.31. The lowest BCUT2D eigenvalue weighted by molar-refractivity contribution is -0.142. The lowest BCUT2D eigenvalue weighted by Gasteiger charge is -2.35. The molecular weight excluding hydrogens is 382 g/mol. The molecule has 7 heteroatoms. The van der Waals surface area contributed by atoms with Crippen molar-refractivity contribution in [2.75, 3.05) is 7.11 Å². The molecule has 1 aliphatic carbocycles. The molecule has 0 aliphatic heterocycles. The maximum atomic E-state index is 12.2. The first-order chi connectivity index (χ1) is 13.9. The molecule has 5 nitrogen and oxygen atoms in total. The molecule has 1 aliphatic rings. The predicted molar refractivity (Wildman–Crippen MR) is 102 cm³/mol. The smallest absolute Gasteiger partial charge is 0.387 e. The van der Waals surface area contributed by atoms with Crippen molar-refractivity contribution in [3.63, 3.8) is 0 Å². The van der Waals surface area contributed by atoms with Crippen LogP contribution in [0.5, 0.6) is 5.75 Å². The topological polar surface area (TPSA) is 76.0 Å². The molecule has 0 heterocycles. The predicted octanol–water partition coefficient (Wildman–Crippen LogP) is 4.11. The Labute approximate surface area is 167 Å². The second kappa shape index (κ2) is 9.33. The van der Waals surface area contributed by atoms with E-state index < -0.39 is 18.8 Å². The van der Waals surface area contributed by atoms with Crippen molar-refractivity contribution >= 4 is 5.97 Å². The molecule has 1 saturated carbocycles. The van der Waals surface area contributed by atoms with E-state index in [2.05, 4.69) is 4.74 Å². The normalized spacial score (nSPS) is 20.6. The summed E-state index contributed by atoms with van der Waals surface area (Å²) in [5, 5.41) is 21.1. The number of carbonyl (C=O) groups excluding carboxylic acids is 1. The van der Waals surface area contributed by atoms with Crippen LogP contribution < -0.4 is 4.74 Å². The number of carbonyl (C=O) groups is 1. The van der Waals surface area contributed by atoms with Crippen molar-refractivity contribution < 1.29 is 33.3 Å². The minimum atomic E-state index is -2.92. The average Bonchev–Trinajstić information content (AvgIpc) is 2.69. The van der Waals surface area contributed by atoms with Crippen molar-refractivity contribution in [2.45, 2.75) is 44.0 Å². The van der Waals surface area contributed by atoms with Crippen LogP contribution in [0.15, 0.2) is 48.5 Å². The molecule has 0 amide bonds. The summed E-state index contributed by atoms with van der Waals surface area (Å²) in [6.07, 6.45) is -0.202. The van der Waals surface area contributed by atoms with E-state index in [1.165, 1.54) is 31.4 Å². The summed E-state index contributed by atoms with van der Waals surface area (Å²) in [6.45, 7) is -2.92. The Hall–Kier alpha value is -2.51. The summed E-state index contributed by atoms with van der Waals surface area (Å²) in [5.41, 5.74) is 2.01. The molecule has 156 valence electrons. The van der Waals surface area contributed by atoms with E-state index in [4.69, 9.17) is 4.74 Å². The Morgan fingerprint density at radius 2 is 1.72 bits per heavy atom. The van der Waals surface area contributed by atoms with Crippen LogP contribution in [0, 0.1) is 5.92 Å². The van der Waals surface area contributed by atoms with Crippen LogP contribution in [-0.4, -0.2) is 29.9 Å². The molecule has 29 heavy (non-hydrogen) atoms. The van der Waals surface area contributed by atoms with Gasteiger partial charge >= 0.3 is 12.6 Å². The van der Waals surface area contributed by atoms with Gasteiger partial charge in [-0.25, -0.2) is 0 Å². The Balaban J connectivity index is 1.63. The second-order valence-electron chi connectivity index (χ2n) is 7.32. The fourth-order valence-electron chi connectivity index (χ4n) is 3.70. The first-order valence-corrected chi connectivity index (χ1v) is 9.45. The lowest BCUT2D eigenvalue weighted by atomic mass is 9.70. The molecule has 0 bridgehead atoms. The van der Waals surface area contributed by atoms with Crippen LogP contribution >= 0.6 is 0 Å². The van der Waals surface area contributed by atoms with Crippen molar-refractivity contribution in [1.82, 2.24) is 0 Å². The zero-order valence-corrected chi connectivity index (χ0v) is 16.0. The Morgan fingerprint density at radius 1 is 1.07 bits per heavy atom. The highest BCUT2D eigenvalue weighted by molar-refractivity contribution is 5.69. The van der Waals surface area contributed by atoms with E-state index >= 15 is 0 Å². The first kappa shape index (κ1) is 21.2. The van der Waals surface area contributed by atoms with Gasteiger partial charge in [0.2, 0.25) is 0 Å². The molecule has 0 radical (unpaired) electrons. The molecule has 2 aromatic rings. The number of aliphatic hydroxyl groups excluding tert-OH is 2. The summed E-state index contributed by atoms with van der Waals surface area (Å²) in [5.74, 6) is 0.393. The summed E-state index contributed by atoms with van der Waals surface area (Å²) in [4.78, 5) is 11.4. The molecule has 2 N–H and O–H groups in total. The van der Waals surface area contributed by atoms with Gasteiger partial charge in [0.1, 0.15) is 18.0 Å². The van der Waals surface area contributed by atoms with Gasteiger partial charge in [-0.05, 0) is 53.5 Å². The quantitative estimate of drug-likeness (QED) is 0.646. The Kier molecular flexibility index (Phi) is 6.82. The van der Waals surface area contributed by atoms with Crippen LogP contribution in [0.2, 0.25) is 0 Å². The van der Waals surface area contributed by atoms with Gasteiger partial charge in [0.05, 0.1) is 7.11 Å². The highest BCUT2D eigenvalue weighted by atomic mass is 19.3. The van der Waals surface area contributed by atoms with Gasteiger partial charge < -0.3 is 19.7 Å². The Morgan fingerprint density at radius 3 is 2.34 bits per heavy atom. The monoisotopic (exact) mass is 406 g/mol. The number of ether oxygens (including phenoxy) is 2. The maximum Gasteiger partial charge on any atom is 0.387 e. The molecule has 2 aromatic carbocycles. The molecule has 2 unspecified atom stereocenters. The third-order valence-corrected chi connectivity index (χ3v) is 5.39. The number of rotatable bonds is 8. The van der Waals surface area contributed by atoms with Crippen LogP contribution in [0.4, 0.5) is 8.78 Å². The highest BCUT2D eigenvalue weighted by Crippen LogP contribution is 2.44. The highest BCUT2D eigenvalue weighted by Gasteiger charge is 2.32. The summed E-state index contributed by atoms with van der Waals surface area (Å²) >= 11 is 0. The standard InChI is InChI=1S/C22H24F2O5/c1-28-19(25)11-13-9-17(10-13)15-3-2-4-16(12-15)21(27)20(26)14-5-7-18(8-6-14)29-22(23)24/h2-8,12-13,17,20-22,26-27H,9-11H2,1H3. The largest absolute Gasteiger partial charge is 0.469 e. The molecule has 0 saturated heterocycles. The van der Waals surface area contributed by atoms with Crippen LogP contribution in [-0.2, 0) is 9.53 Å². The van der Waals surface area contributed by atoms with Crippen molar-refractivity contribution in [2.24, 2.45) is 5.92 Å². The number of methoxy groups -OCH3 is 1. The number of hydrogen-bond acceptors (Lipinski definition) is 5. The van der Waals surface area contributed by atoms with E-state index in [0.29, 0.717) is 29.4 Å². The van der Waals surface area contributed by atoms with Crippen LogP contribution in [0.3, 0.4) is 0 Å². The van der Waals surface area contributed by atoms with Gasteiger partial charge in [-0.15, -0.1) is 0 Å². The summed E-state index contributed by atoms with van der Waals surface area (Å²) in [6, 6.07) is 12.9. The SMILES string of the molecule is COC(=O)CC1CC(c2cccc(C(O)C(O)c3ccc(OC(F)F)cc3)c2)C1. The molecule has 2 atom stereocenters. The first-order valence-electron chi connectivity index (χ1n) is 9.45. The zero-order chi connectivity index (χ0) is 21.0.